The molecule has 0 spiro atoms. The number of nitrogens with two attached hydrogens (primary N) is 1. The molecule has 3 N–H and O–H groups in total. The highest BCUT2D eigenvalue weighted by Crippen LogP contribution is 2.42. The molecule has 1 aromatic heterocycles. The summed E-state index contributed by atoms with van der Waals surface area (Å²) in [6.07, 6.45) is 3.36. The Morgan fingerprint density at radius 3 is 3.00 bits per heavy atom. The number of nitrogen functional groups attached to an aromatic ring is 1. The number of fused-ring (bicyclic) bond motifs is 2. The van der Waals surface area contributed by atoms with Crippen molar-refractivity contribution in [1.29, 1.82) is 0 Å². The Hall–Kier alpha value is -1.75. The molecule has 0 saturated heterocycles. The van der Waals surface area contributed by atoms with E-state index in [1.807, 2.05) is 18.2 Å². The zero-order chi connectivity index (χ0) is 10.3. The monoisotopic (exact) mass is 216 g/mol. The summed E-state index contributed by atoms with van der Waals surface area (Å²) in [4.78, 5) is 9.58. The number of nitrogens with zero attached hydrogens (tertiary/aromatic N) is 2. The third-order valence-corrected chi connectivity index (χ3v) is 3.20. The molecule has 2 heterocycles. The lowest BCUT2D eigenvalue weighted by atomic mass is 10.3. The quantitative estimate of drug-likeness (QED) is 0.564. The van der Waals surface area contributed by atoms with Crippen LogP contribution in [0.25, 0.3) is 0 Å². The zero-order valence-corrected chi connectivity index (χ0v) is 8.58. The summed E-state index contributed by atoms with van der Waals surface area (Å²) in [5, 5.41) is 4.10. The van der Waals surface area contributed by atoms with Crippen molar-refractivity contribution in [2.24, 2.45) is 0 Å². The molecule has 1 aliphatic heterocycles. The van der Waals surface area contributed by atoms with Crippen molar-refractivity contribution in [3.8, 4) is 0 Å². The summed E-state index contributed by atoms with van der Waals surface area (Å²) >= 11 is 1.60. The summed E-state index contributed by atoms with van der Waals surface area (Å²) in [7, 11) is 0. The van der Waals surface area contributed by atoms with Gasteiger partial charge in [0.05, 0.1) is 5.69 Å². The highest BCUT2D eigenvalue weighted by molar-refractivity contribution is 7.99. The van der Waals surface area contributed by atoms with Crippen LogP contribution in [-0.2, 0) is 0 Å². The van der Waals surface area contributed by atoms with E-state index in [0.717, 1.165) is 27.1 Å². The van der Waals surface area contributed by atoms with Crippen LogP contribution in [0.5, 0.6) is 0 Å². The van der Waals surface area contributed by atoms with Gasteiger partial charge in [-0.2, -0.15) is 0 Å². The first-order chi connectivity index (χ1) is 7.33. The van der Waals surface area contributed by atoms with E-state index < -0.39 is 0 Å². The number of anilines is 3. The molecule has 0 saturated carbocycles. The molecule has 4 nitrogen and oxygen atoms in total. The van der Waals surface area contributed by atoms with Gasteiger partial charge in [-0.3, -0.25) is 0 Å². The number of hydrogen-bond donors (Lipinski definition) is 2. The van der Waals surface area contributed by atoms with E-state index >= 15 is 0 Å². The highest BCUT2D eigenvalue weighted by Gasteiger charge is 2.16. The third-order valence-electron chi connectivity index (χ3n) is 2.13. The fourth-order valence-corrected chi connectivity index (χ4v) is 2.33. The van der Waals surface area contributed by atoms with E-state index in [9.17, 15) is 0 Å². The first-order valence-electron chi connectivity index (χ1n) is 4.48. The van der Waals surface area contributed by atoms with Crippen LogP contribution >= 0.6 is 11.8 Å². The van der Waals surface area contributed by atoms with Crippen LogP contribution in [0.15, 0.2) is 40.5 Å². The van der Waals surface area contributed by atoms with Gasteiger partial charge in [0, 0.05) is 23.0 Å². The van der Waals surface area contributed by atoms with Gasteiger partial charge in [-0.25, -0.2) is 9.97 Å². The lowest BCUT2D eigenvalue weighted by molar-refractivity contribution is 1.05. The normalized spacial score (nSPS) is 12.5. The molecule has 1 aromatic carbocycles. The molecule has 0 unspecified atom stereocenters. The smallest absolute Gasteiger partial charge is 0.163 e. The van der Waals surface area contributed by atoms with Crippen molar-refractivity contribution in [2.75, 3.05) is 11.1 Å². The first kappa shape index (κ1) is 8.55. The Bertz CT molecular complexity index is 527. The molecule has 0 amide bonds. The van der Waals surface area contributed by atoms with Crippen LogP contribution in [0.1, 0.15) is 0 Å². The van der Waals surface area contributed by atoms with Gasteiger partial charge in [0.15, 0.2) is 5.82 Å². The fraction of sp³-hybridized carbons (Fsp3) is 0. The average molecular weight is 216 g/mol. The van der Waals surface area contributed by atoms with Gasteiger partial charge in [0.25, 0.3) is 0 Å². The van der Waals surface area contributed by atoms with Gasteiger partial charge >= 0.3 is 0 Å². The molecule has 0 aliphatic carbocycles. The lowest BCUT2D eigenvalue weighted by Crippen LogP contribution is -2.03. The van der Waals surface area contributed by atoms with E-state index in [1.165, 1.54) is 0 Å². The number of rotatable bonds is 0. The van der Waals surface area contributed by atoms with Crippen molar-refractivity contribution in [3.05, 3.63) is 30.6 Å². The molecule has 0 bridgehead atoms. The van der Waals surface area contributed by atoms with Gasteiger partial charge in [0.2, 0.25) is 0 Å². The minimum absolute atomic E-state index is 0.745. The SMILES string of the molecule is Nc1ccc2c(c1)Nc1nccnc1S2. The standard InChI is InChI=1S/C10H8N4S/c11-6-1-2-8-7(5-6)14-9-10(15-8)13-4-3-12-9/h1-5H,11H2,(H,12,14). The molecule has 15 heavy (non-hydrogen) atoms. The van der Waals surface area contributed by atoms with Crippen molar-refractivity contribution < 1.29 is 0 Å². The van der Waals surface area contributed by atoms with Crippen molar-refractivity contribution in [1.82, 2.24) is 9.97 Å². The number of aromatic nitrogens is 2. The largest absolute Gasteiger partial charge is 0.399 e. The Morgan fingerprint density at radius 1 is 1.20 bits per heavy atom. The van der Waals surface area contributed by atoms with E-state index in [-0.39, 0.29) is 0 Å². The minimum Gasteiger partial charge on any atom is -0.399 e. The second-order valence-electron chi connectivity index (χ2n) is 3.19. The van der Waals surface area contributed by atoms with Crippen LogP contribution in [0, 0.1) is 0 Å². The highest BCUT2D eigenvalue weighted by atomic mass is 32.2. The molecule has 0 radical (unpaired) electrons. The first-order valence-corrected chi connectivity index (χ1v) is 5.30. The molecule has 5 heteroatoms. The van der Waals surface area contributed by atoms with Crippen LogP contribution in [0.4, 0.5) is 17.2 Å². The van der Waals surface area contributed by atoms with Crippen LogP contribution < -0.4 is 11.1 Å². The zero-order valence-electron chi connectivity index (χ0n) is 7.77. The molecule has 0 fully saturated rings. The Balaban J connectivity index is 2.11. The van der Waals surface area contributed by atoms with Gasteiger partial charge in [-0.15, -0.1) is 0 Å². The van der Waals surface area contributed by atoms with E-state index in [1.54, 1.807) is 24.2 Å². The van der Waals surface area contributed by atoms with E-state index in [0.29, 0.717) is 0 Å². The summed E-state index contributed by atoms with van der Waals surface area (Å²) in [5.41, 5.74) is 7.45. The number of benzene rings is 1. The predicted octanol–water partition coefficient (Wildman–Crippen LogP) is 2.27. The van der Waals surface area contributed by atoms with Crippen molar-refractivity contribution >= 4 is 29.0 Å². The molecule has 0 atom stereocenters. The number of hydrogen-bond acceptors (Lipinski definition) is 5. The fourth-order valence-electron chi connectivity index (χ4n) is 1.45. The van der Waals surface area contributed by atoms with Gasteiger partial charge in [-0.1, -0.05) is 11.8 Å². The average Bonchev–Trinajstić information content (AvgIpc) is 2.26. The van der Waals surface area contributed by atoms with Crippen LogP contribution in [0.2, 0.25) is 0 Å². The Morgan fingerprint density at radius 2 is 2.07 bits per heavy atom. The molecular formula is C10H8N4S. The molecule has 3 rings (SSSR count). The van der Waals surface area contributed by atoms with Crippen molar-refractivity contribution in [2.45, 2.75) is 9.92 Å². The van der Waals surface area contributed by atoms with Crippen molar-refractivity contribution in [3.63, 3.8) is 0 Å². The summed E-state index contributed by atoms with van der Waals surface area (Å²) in [5.74, 6) is 0.792. The second-order valence-corrected chi connectivity index (χ2v) is 4.22. The lowest BCUT2D eigenvalue weighted by Gasteiger charge is -2.18. The maximum Gasteiger partial charge on any atom is 0.163 e. The third kappa shape index (κ3) is 1.41. The second kappa shape index (κ2) is 3.13. The van der Waals surface area contributed by atoms with Gasteiger partial charge in [0.1, 0.15) is 5.03 Å². The molecule has 2 aromatic rings. The topological polar surface area (TPSA) is 63.8 Å². The van der Waals surface area contributed by atoms with E-state index in [4.69, 9.17) is 5.73 Å². The van der Waals surface area contributed by atoms with Crippen LogP contribution in [-0.4, -0.2) is 9.97 Å². The summed E-state index contributed by atoms with van der Waals surface area (Å²) in [6.45, 7) is 0. The van der Waals surface area contributed by atoms with E-state index in [2.05, 4.69) is 15.3 Å². The summed E-state index contributed by atoms with van der Waals surface area (Å²) < 4.78 is 0. The predicted molar refractivity (Wildman–Crippen MR) is 60.3 cm³/mol. The molecular weight excluding hydrogens is 208 g/mol. The van der Waals surface area contributed by atoms with Gasteiger partial charge < -0.3 is 11.1 Å². The summed E-state index contributed by atoms with van der Waals surface area (Å²) in [6, 6.07) is 5.77. The molecule has 1 aliphatic rings. The molecule has 74 valence electrons. The van der Waals surface area contributed by atoms with Crippen LogP contribution in [0.3, 0.4) is 0 Å². The number of nitrogens with one attached hydrogen (secondary N) is 1. The maximum atomic E-state index is 5.72. The Kier molecular flexibility index (Phi) is 1.78. The Labute approximate surface area is 90.9 Å². The minimum atomic E-state index is 0.745. The van der Waals surface area contributed by atoms with Gasteiger partial charge in [-0.05, 0) is 18.2 Å². The maximum absolute atomic E-state index is 5.72.